The summed E-state index contributed by atoms with van der Waals surface area (Å²) in [5.41, 5.74) is 7.56. The zero-order valence-corrected chi connectivity index (χ0v) is 11.1. The van der Waals surface area contributed by atoms with Gasteiger partial charge in [0.2, 0.25) is 0 Å². The SMILES string of the molecule is NC(=O)NN=Cc1sc(=O)n(-c2ccccc2)c1Cl. The van der Waals surface area contributed by atoms with E-state index in [1.807, 2.05) is 11.5 Å². The van der Waals surface area contributed by atoms with Gasteiger partial charge in [0.05, 0.1) is 16.8 Å². The molecule has 0 fully saturated rings. The quantitative estimate of drug-likeness (QED) is 0.665. The molecule has 3 N–H and O–H groups in total. The number of nitrogens with two attached hydrogens (primary N) is 1. The molecule has 2 aromatic rings. The minimum absolute atomic E-state index is 0.233. The zero-order chi connectivity index (χ0) is 13.8. The molecule has 0 saturated heterocycles. The second kappa shape index (κ2) is 5.68. The summed E-state index contributed by atoms with van der Waals surface area (Å²) in [4.78, 5) is 22.5. The van der Waals surface area contributed by atoms with Gasteiger partial charge in [-0.25, -0.2) is 10.2 Å². The van der Waals surface area contributed by atoms with Gasteiger partial charge in [-0.3, -0.25) is 9.36 Å². The van der Waals surface area contributed by atoms with Crippen molar-refractivity contribution in [3.05, 3.63) is 50.0 Å². The summed E-state index contributed by atoms with van der Waals surface area (Å²) < 4.78 is 1.36. The highest BCUT2D eigenvalue weighted by atomic mass is 35.5. The molecule has 98 valence electrons. The Hall–Kier alpha value is -2.12. The molecule has 1 heterocycles. The number of urea groups is 1. The zero-order valence-electron chi connectivity index (χ0n) is 9.54. The fourth-order valence-corrected chi connectivity index (χ4v) is 2.55. The molecule has 8 heteroatoms. The van der Waals surface area contributed by atoms with Gasteiger partial charge in [0.15, 0.2) is 0 Å². The van der Waals surface area contributed by atoms with Crippen LogP contribution in [0.2, 0.25) is 5.15 Å². The molecule has 19 heavy (non-hydrogen) atoms. The monoisotopic (exact) mass is 296 g/mol. The van der Waals surface area contributed by atoms with Crippen LogP contribution in [0.4, 0.5) is 4.79 Å². The lowest BCUT2D eigenvalue weighted by Gasteiger charge is -2.01. The molecule has 0 radical (unpaired) electrons. The Morgan fingerprint density at radius 3 is 2.74 bits per heavy atom. The van der Waals surface area contributed by atoms with Crippen molar-refractivity contribution >= 4 is 35.2 Å². The van der Waals surface area contributed by atoms with E-state index in [0.717, 1.165) is 11.3 Å². The Morgan fingerprint density at radius 1 is 1.42 bits per heavy atom. The van der Waals surface area contributed by atoms with Gasteiger partial charge < -0.3 is 5.73 Å². The number of carbonyl (C=O) groups excluding carboxylic acids is 1. The van der Waals surface area contributed by atoms with Crippen molar-refractivity contribution in [2.45, 2.75) is 0 Å². The van der Waals surface area contributed by atoms with Crippen LogP contribution in [0.3, 0.4) is 0 Å². The lowest BCUT2D eigenvalue weighted by Crippen LogP contribution is -2.24. The molecule has 0 aliphatic rings. The lowest BCUT2D eigenvalue weighted by molar-refractivity contribution is 0.249. The van der Waals surface area contributed by atoms with E-state index >= 15 is 0 Å². The van der Waals surface area contributed by atoms with Crippen molar-refractivity contribution < 1.29 is 4.79 Å². The molecule has 1 aromatic heterocycles. The second-order valence-corrected chi connectivity index (χ2v) is 4.78. The number of hydrazone groups is 1. The van der Waals surface area contributed by atoms with Gasteiger partial charge in [0.25, 0.3) is 0 Å². The summed E-state index contributed by atoms with van der Waals surface area (Å²) >= 11 is 7.04. The van der Waals surface area contributed by atoms with E-state index in [1.165, 1.54) is 10.8 Å². The van der Waals surface area contributed by atoms with Crippen LogP contribution in [-0.4, -0.2) is 16.8 Å². The van der Waals surface area contributed by atoms with E-state index in [9.17, 15) is 9.59 Å². The topological polar surface area (TPSA) is 89.5 Å². The smallest absolute Gasteiger partial charge is 0.332 e. The van der Waals surface area contributed by atoms with Gasteiger partial charge in [-0.1, -0.05) is 41.1 Å². The van der Waals surface area contributed by atoms with Crippen LogP contribution < -0.4 is 16.0 Å². The van der Waals surface area contributed by atoms with Crippen molar-refractivity contribution in [1.82, 2.24) is 9.99 Å². The summed E-state index contributed by atoms with van der Waals surface area (Å²) in [5, 5.41) is 3.81. The van der Waals surface area contributed by atoms with E-state index in [4.69, 9.17) is 17.3 Å². The number of nitrogens with zero attached hydrogens (tertiary/aromatic N) is 2. The number of thiazole rings is 1. The van der Waals surface area contributed by atoms with Gasteiger partial charge in [-0.15, -0.1) is 0 Å². The van der Waals surface area contributed by atoms with Gasteiger partial charge in [-0.2, -0.15) is 5.10 Å². The number of halogens is 1. The number of hydrogen-bond donors (Lipinski definition) is 2. The average Bonchev–Trinajstić information content (AvgIpc) is 2.65. The predicted octanol–water partition coefficient (Wildman–Crippen LogP) is 1.55. The van der Waals surface area contributed by atoms with Gasteiger partial charge in [-0.05, 0) is 12.1 Å². The molecule has 0 atom stereocenters. The minimum atomic E-state index is -0.790. The van der Waals surface area contributed by atoms with Crippen molar-refractivity contribution in [3.63, 3.8) is 0 Å². The minimum Gasteiger partial charge on any atom is -0.350 e. The first kappa shape index (κ1) is 13.3. The maximum atomic E-state index is 11.9. The maximum absolute atomic E-state index is 11.9. The Labute approximate surface area is 117 Å². The highest BCUT2D eigenvalue weighted by Gasteiger charge is 2.12. The van der Waals surface area contributed by atoms with Crippen LogP contribution in [0.5, 0.6) is 0 Å². The van der Waals surface area contributed by atoms with Crippen LogP contribution >= 0.6 is 22.9 Å². The number of para-hydroxylation sites is 1. The normalized spacial score (nSPS) is 10.8. The number of amides is 2. The van der Waals surface area contributed by atoms with Crippen LogP contribution in [0.1, 0.15) is 4.88 Å². The molecule has 0 unspecified atom stereocenters. The largest absolute Gasteiger partial charge is 0.350 e. The number of benzene rings is 1. The lowest BCUT2D eigenvalue weighted by atomic mass is 10.3. The molecule has 0 aliphatic heterocycles. The first-order valence-corrected chi connectivity index (χ1v) is 6.34. The summed E-state index contributed by atoms with van der Waals surface area (Å²) in [5.74, 6) is 0. The molecule has 0 saturated carbocycles. The highest BCUT2D eigenvalue weighted by Crippen LogP contribution is 2.20. The van der Waals surface area contributed by atoms with Crippen LogP contribution in [-0.2, 0) is 0 Å². The molecular weight excluding hydrogens is 288 g/mol. The summed E-state index contributed by atoms with van der Waals surface area (Å²) in [7, 11) is 0. The fraction of sp³-hybridized carbons (Fsp3) is 0. The van der Waals surface area contributed by atoms with E-state index < -0.39 is 6.03 Å². The third-order valence-corrected chi connectivity index (χ3v) is 3.51. The molecule has 2 rings (SSSR count). The first-order valence-electron chi connectivity index (χ1n) is 5.15. The molecule has 1 aromatic carbocycles. The van der Waals surface area contributed by atoms with E-state index in [0.29, 0.717) is 10.6 Å². The number of hydrogen-bond acceptors (Lipinski definition) is 4. The number of rotatable bonds is 3. The molecule has 0 aliphatic carbocycles. The number of primary amides is 1. The standard InChI is InChI=1S/C11H9ClN4O2S/c12-9-8(6-14-15-10(13)17)19-11(18)16(9)7-4-2-1-3-5-7/h1-6H,(H3,13,15,17). The summed E-state index contributed by atoms with van der Waals surface area (Å²) in [6, 6.07) is 8.19. The molecule has 6 nitrogen and oxygen atoms in total. The number of aromatic nitrogens is 1. The predicted molar refractivity (Wildman–Crippen MR) is 75.2 cm³/mol. The second-order valence-electron chi connectivity index (χ2n) is 3.43. The van der Waals surface area contributed by atoms with Gasteiger partial charge in [0.1, 0.15) is 5.15 Å². The Morgan fingerprint density at radius 2 is 2.11 bits per heavy atom. The van der Waals surface area contributed by atoms with Gasteiger partial charge >= 0.3 is 10.9 Å². The third kappa shape index (κ3) is 3.01. The summed E-state index contributed by atoms with van der Waals surface area (Å²) in [6.45, 7) is 0. The van der Waals surface area contributed by atoms with E-state index in [-0.39, 0.29) is 10.0 Å². The third-order valence-electron chi connectivity index (χ3n) is 2.15. The highest BCUT2D eigenvalue weighted by molar-refractivity contribution is 7.11. The van der Waals surface area contributed by atoms with Crippen molar-refractivity contribution in [1.29, 1.82) is 0 Å². The maximum Gasteiger partial charge on any atom is 0.332 e. The molecule has 0 bridgehead atoms. The number of carbonyl (C=O) groups is 1. The van der Waals surface area contributed by atoms with Crippen LogP contribution in [0.25, 0.3) is 5.69 Å². The fourth-order valence-electron chi connectivity index (χ4n) is 1.40. The molecule has 2 amide bonds. The van der Waals surface area contributed by atoms with Crippen LogP contribution in [0.15, 0.2) is 40.2 Å². The molecular formula is C11H9ClN4O2S. The number of nitrogens with one attached hydrogen (secondary N) is 1. The van der Waals surface area contributed by atoms with Crippen LogP contribution in [0, 0.1) is 0 Å². The van der Waals surface area contributed by atoms with E-state index in [2.05, 4.69) is 5.10 Å². The van der Waals surface area contributed by atoms with Gasteiger partial charge in [0, 0.05) is 0 Å². The average molecular weight is 297 g/mol. The van der Waals surface area contributed by atoms with Crippen molar-refractivity contribution in [2.75, 3.05) is 0 Å². The summed E-state index contributed by atoms with van der Waals surface area (Å²) in [6.07, 6.45) is 1.28. The van der Waals surface area contributed by atoms with E-state index in [1.54, 1.807) is 24.3 Å². The first-order chi connectivity index (χ1) is 9.09. The Kier molecular flexibility index (Phi) is 3.98. The van der Waals surface area contributed by atoms with Crippen molar-refractivity contribution in [3.8, 4) is 5.69 Å². The molecule has 0 spiro atoms. The van der Waals surface area contributed by atoms with Crippen molar-refractivity contribution in [2.24, 2.45) is 10.8 Å². The Bertz CT molecular complexity index is 678. The Balaban J connectivity index is 2.38.